The van der Waals surface area contributed by atoms with E-state index < -0.39 is 0 Å². The Labute approximate surface area is 123 Å². The molecular weight excluding hydrogens is 327 g/mol. The van der Waals surface area contributed by atoms with E-state index in [9.17, 15) is 9.18 Å². The number of carbonyl (C=O) groups excluding carboxylic acids is 1. The van der Waals surface area contributed by atoms with Crippen molar-refractivity contribution in [3.05, 3.63) is 22.4 Å². The third kappa shape index (κ3) is 2.83. The number of amides is 1. The van der Waals surface area contributed by atoms with Crippen LogP contribution < -0.4 is 5.32 Å². The molecule has 5 nitrogen and oxygen atoms in total. The van der Waals surface area contributed by atoms with Gasteiger partial charge in [-0.2, -0.15) is 0 Å². The van der Waals surface area contributed by atoms with Crippen molar-refractivity contribution in [2.24, 2.45) is 0 Å². The van der Waals surface area contributed by atoms with Gasteiger partial charge in [-0.05, 0) is 47.9 Å². The van der Waals surface area contributed by atoms with Crippen LogP contribution in [0, 0.1) is 5.82 Å². The number of likely N-dealkylation sites (tertiary alicyclic amines) is 1. The lowest BCUT2D eigenvalue weighted by Gasteiger charge is -2.12. The minimum absolute atomic E-state index is 0.106. The Morgan fingerprint density at radius 2 is 2.20 bits per heavy atom. The summed E-state index contributed by atoms with van der Waals surface area (Å²) in [6.45, 7) is 2.30. The van der Waals surface area contributed by atoms with Gasteiger partial charge in [0, 0.05) is 6.07 Å². The highest BCUT2D eigenvalue weighted by atomic mass is 79.9. The van der Waals surface area contributed by atoms with Crippen molar-refractivity contribution in [2.45, 2.75) is 12.8 Å². The SMILES string of the molecule is O=C(CN1CCCC1)Nc1nc2cc(Br)c(F)cc2[nH]1. The van der Waals surface area contributed by atoms with Crippen molar-refractivity contribution in [3.63, 3.8) is 0 Å². The lowest BCUT2D eigenvalue weighted by atomic mass is 10.3. The van der Waals surface area contributed by atoms with E-state index in [1.807, 2.05) is 0 Å². The van der Waals surface area contributed by atoms with Crippen LogP contribution in [0.4, 0.5) is 10.3 Å². The van der Waals surface area contributed by atoms with Gasteiger partial charge in [0.05, 0.1) is 22.1 Å². The summed E-state index contributed by atoms with van der Waals surface area (Å²) >= 11 is 3.11. The number of hydrogen-bond acceptors (Lipinski definition) is 3. The fraction of sp³-hybridized carbons (Fsp3) is 0.385. The summed E-state index contributed by atoms with van der Waals surface area (Å²) in [5.41, 5.74) is 1.16. The van der Waals surface area contributed by atoms with Crippen molar-refractivity contribution >= 4 is 38.8 Å². The standard InChI is InChI=1S/C13H14BrFN4O/c14-8-5-10-11(6-9(8)15)17-13(16-10)18-12(20)7-19-3-1-2-4-19/h5-6H,1-4,7H2,(H2,16,17,18,20). The zero-order valence-electron chi connectivity index (χ0n) is 10.7. The van der Waals surface area contributed by atoms with E-state index in [1.165, 1.54) is 6.07 Å². The van der Waals surface area contributed by atoms with Crippen molar-refractivity contribution in [2.75, 3.05) is 25.0 Å². The molecule has 1 saturated heterocycles. The zero-order chi connectivity index (χ0) is 14.1. The molecule has 7 heteroatoms. The van der Waals surface area contributed by atoms with Gasteiger partial charge in [0.15, 0.2) is 0 Å². The van der Waals surface area contributed by atoms with Crippen LogP contribution in [0.25, 0.3) is 11.0 Å². The third-order valence-electron chi connectivity index (χ3n) is 3.35. The smallest absolute Gasteiger partial charge is 0.240 e. The summed E-state index contributed by atoms with van der Waals surface area (Å²) in [4.78, 5) is 21.1. The fourth-order valence-corrected chi connectivity index (χ4v) is 2.71. The Balaban J connectivity index is 1.72. The molecule has 0 spiro atoms. The first-order chi connectivity index (χ1) is 9.61. The van der Waals surface area contributed by atoms with Gasteiger partial charge in [-0.15, -0.1) is 0 Å². The van der Waals surface area contributed by atoms with Crippen molar-refractivity contribution in [3.8, 4) is 0 Å². The number of aromatic nitrogens is 2. The molecule has 0 bridgehead atoms. The van der Waals surface area contributed by atoms with Crippen LogP contribution in [-0.4, -0.2) is 40.4 Å². The molecule has 2 heterocycles. The molecule has 106 valence electrons. The van der Waals surface area contributed by atoms with Crippen molar-refractivity contribution in [1.29, 1.82) is 0 Å². The molecule has 0 aliphatic carbocycles. The number of imidazole rings is 1. The summed E-state index contributed by atoms with van der Waals surface area (Å²) < 4.78 is 13.8. The van der Waals surface area contributed by atoms with E-state index in [1.54, 1.807) is 6.07 Å². The minimum atomic E-state index is -0.365. The summed E-state index contributed by atoms with van der Waals surface area (Å²) in [5, 5.41) is 2.71. The van der Waals surface area contributed by atoms with Crippen LogP contribution in [-0.2, 0) is 4.79 Å². The molecule has 0 saturated carbocycles. The third-order valence-corrected chi connectivity index (χ3v) is 3.96. The molecule has 1 fully saturated rings. The van der Waals surface area contributed by atoms with Crippen LogP contribution in [0.2, 0.25) is 0 Å². The molecular formula is C13H14BrFN4O. The van der Waals surface area contributed by atoms with Gasteiger partial charge in [0.1, 0.15) is 5.82 Å². The topological polar surface area (TPSA) is 61.0 Å². The monoisotopic (exact) mass is 340 g/mol. The van der Waals surface area contributed by atoms with E-state index in [-0.39, 0.29) is 11.7 Å². The number of nitrogens with one attached hydrogen (secondary N) is 2. The van der Waals surface area contributed by atoms with Gasteiger partial charge < -0.3 is 4.98 Å². The van der Waals surface area contributed by atoms with Gasteiger partial charge in [-0.25, -0.2) is 9.37 Å². The van der Waals surface area contributed by atoms with Gasteiger partial charge in [-0.1, -0.05) is 0 Å². The Bertz CT molecular complexity index is 612. The highest BCUT2D eigenvalue weighted by Crippen LogP contribution is 2.22. The predicted molar refractivity (Wildman–Crippen MR) is 78.1 cm³/mol. The number of hydrogen-bond donors (Lipinski definition) is 2. The second-order valence-corrected chi connectivity index (χ2v) is 5.75. The maximum Gasteiger partial charge on any atom is 0.240 e. The van der Waals surface area contributed by atoms with E-state index in [2.05, 4.69) is 36.1 Å². The Morgan fingerprint density at radius 3 is 2.95 bits per heavy atom. The molecule has 1 aliphatic heterocycles. The highest BCUT2D eigenvalue weighted by Gasteiger charge is 2.16. The first kappa shape index (κ1) is 13.5. The summed E-state index contributed by atoms with van der Waals surface area (Å²) in [7, 11) is 0. The number of carbonyl (C=O) groups is 1. The van der Waals surface area contributed by atoms with E-state index in [4.69, 9.17) is 0 Å². The molecule has 1 aromatic carbocycles. The summed E-state index contributed by atoms with van der Waals surface area (Å²) in [6.07, 6.45) is 2.29. The first-order valence-electron chi connectivity index (χ1n) is 6.49. The molecule has 20 heavy (non-hydrogen) atoms. The number of aromatic amines is 1. The van der Waals surface area contributed by atoms with Gasteiger partial charge in [-0.3, -0.25) is 15.0 Å². The Hall–Kier alpha value is -1.47. The summed E-state index contributed by atoms with van der Waals surface area (Å²) in [6, 6.07) is 2.93. The quantitative estimate of drug-likeness (QED) is 0.902. The molecule has 0 atom stereocenters. The molecule has 0 unspecified atom stereocenters. The molecule has 3 rings (SSSR count). The molecule has 2 aromatic rings. The maximum atomic E-state index is 13.4. The number of rotatable bonds is 3. The molecule has 0 radical (unpaired) electrons. The second-order valence-electron chi connectivity index (χ2n) is 4.90. The first-order valence-corrected chi connectivity index (χ1v) is 7.28. The van der Waals surface area contributed by atoms with Crippen LogP contribution in [0.3, 0.4) is 0 Å². The van der Waals surface area contributed by atoms with Crippen LogP contribution in [0.5, 0.6) is 0 Å². The zero-order valence-corrected chi connectivity index (χ0v) is 12.3. The average Bonchev–Trinajstić information content (AvgIpc) is 2.99. The van der Waals surface area contributed by atoms with Crippen molar-refractivity contribution in [1.82, 2.24) is 14.9 Å². The van der Waals surface area contributed by atoms with Gasteiger partial charge >= 0.3 is 0 Å². The van der Waals surface area contributed by atoms with Crippen LogP contribution >= 0.6 is 15.9 Å². The van der Waals surface area contributed by atoms with E-state index >= 15 is 0 Å². The minimum Gasteiger partial charge on any atom is -0.324 e. The van der Waals surface area contributed by atoms with Gasteiger partial charge in [0.25, 0.3) is 0 Å². The van der Waals surface area contributed by atoms with E-state index in [0.29, 0.717) is 28.0 Å². The molecule has 1 amide bonds. The number of H-pyrrole nitrogens is 1. The molecule has 2 N–H and O–H groups in total. The highest BCUT2D eigenvalue weighted by molar-refractivity contribution is 9.10. The van der Waals surface area contributed by atoms with Gasteiger partial charge in [0.2, 0.25) is 11.9 Å². The lowest BCUT2D eigenvalue weighted by Crippen LogP contribution is -2.31. The number of anilines is 1. The Kier molecular flexibility index (Phi) is 3.71. The van der Waals surface area contributed by atoms with Crippen molar-refractivity contribution < 1.29 is 9.18 Å². The normalized spacial score (nSPS) is 15.9. The van der Waals surface area contributed by atoms with E-state index in [0.717, 1.165) is 25.9 Å². The lowest BCUT2D eigenvalue weighted by molar-refractivity contribution is -0.117. The van der Waals surface area contributed by atoms with Crippen LogP contribution in [0.1, 0.15) is 12.8 Å². The molecule has 1 aliphatic rings. The van der Waals surface area contributed by atoms with Crippen LogP contribution in [0.15, 0.2) is 16.6 Å². The predicted octanol–water partition coefficient (Wildman–Crippen LogP) is 2.50. The largest absolute Gasteiger partial charge is 0.324 e. The second kappa shape index (κ2) is 5.49. The Morgan fingerprint density at radius 1 is 1.45 bits per heavy atom. The number of nitrogens with zero attached hydrogens (tertiary/aromatic N) is 2. The summed E-state index contributed by atoms with van der Waals surface area (Å²) in [5.74, 6) is -0.122. The molecule has 1 aromatic heterocycles. The fourth-order valence-electron chi connectivity index (χ4n) is 2.38. The number of halogens is 2. The number of benzene rings is 1. The maximum absolute atomic E-state index is 13.4. The number of fused-ring (bicyclic) bond motifs is 1. The average molecular weight is 341 g/mol.